The van der Waals surface area contributed by atoms with Gasteiger partial charge in [-0.15, -0.1) is 10.2 Å². The molecule has 3 N–H and O–H groups in total. The predicted octanol–water partition coefficient (Wildman–Crippen LogP) is 4.36. The van der Waals surface area contributed by atoms with Crippen molar-refractivity contribution in [3.63, 3.8) is 0 Å². The number of hydrogen-bond acceptors (Lipinski definition) is 8. The molecule has 0 unspecified atom stereocenters. The van der Waals surface area contributed by atoms with Gasteiger partial charge in [-0.3, -0.25) is 0 Å². The lowest BCUT2D eigenvalue weighted by molar-refractivity contribution is -0.216. The van der Waals surface area contributed by atoms with Gasteiger partial charge in [0.25, 0.3) is 0 Å². The molecule has 184 valence electrons. The minimum absolute atomic E-state index is 0.0240. The zero-order valence-corrected chi connectivity index (χ0v) is 19.3. The Morgan fingerprint density at radius 2 is 2.06 bits per heavy atom. The second-order valence-electron chi connectivity index (χ2n) is 8.84. The van der Waals surface area contributed by atoms with E-state index in [9.17, 15) is 13.2 Å². The monoisotopic (exact) mass is 486 g/mol. The number of hydrogen-bond donors (Lipinski definition) is 3. The molecule has 4 heterocycles. The van der Waals surface area contributed by atoms with Crippen molar-refractivity contribution in [3.05, 3.63) is 41.2 Å². The number of allylic oxidation sites excluding steroid dienone is 1. The summed E-state index contributed by atoms with van der Waals surface area (Å²) in [5.41, 5.74) is 0.223. The standard InChI is InChI=1S/C23H25F3N8O/c1-13-12-29-17(31-16(28-2)6-9-27)11-14(13)20-30-15-5-3-10-34-19(18(15)35-20)32-33-21(34)22(7-4-8-22)23(24,25)26/h6,9,11-12,27-28H,3-5,7-8,10H2,1-2H3,(H,29,31)/b16-6+,27-9?. The van der Waals surface area contributed by atoms with Crippen LogP contribution in [-0.4, -0.2) is 44.2 Å². The molecule has 0 aromatic carbocycles. The average molecular weight is 487 g/mol. The molecule has 0 saturated heterocycles. The summed E-state index contributed by atoms with van der Waals surface area (Å²) in [6.45, 7) is 2.25. The maximum Gasteiger partial charge on any atom is 0.401 e. The average Bonchev–Trinajstić information content (AvgIpc) is 3.34. The molecule has 12 heteroatoms. The van der Waals surface area contributed by atoms with Crippen LogP contribution in [0.5, 0.6) is 0 Å². The molecule has 1 saturated carbocycles. The lowest BCUT2D eigenvalue weighted by atomic mass is 9.67. The minimum Gasteiger partial charge on any atom is -0.432 e. The summed E-state index contributed by atoms with van der Waals surface area (Å²) in [5.74, 6) is 2.06. The van der Waals surface area contributed by atoms with Gasteiger partial charge in [0.2, 0.25) is 11.7 Å². The van der Waals surface area contributed by atoms with Crippen molar-refractivity contribution in [1.29, 1.82) is 5.41 Å². The molecule has 0 amide bonds. The molecule has 0 radical (unpaired) electrons. The number of fused-ring (bicyclic) bond motifs is 3. The van der Waals surface area contributed by atoms with E-state index in [4.69, 9.17) is 9.83 Å². The molecule has 0 bridgehead atoms. The zero-order valence-electron chi connectivity index (χ0n) is 19.3. The number of alkyl halides is 3. The Hall–Kier alpha value is -3.70. The fraction of sp³-hybridized carbons (Fsp3) is 0.435. The maximum absolute atomic E-state index is 14.0. The number of pyridine rings is 1. The van der Waals surface area contributed by atoms with Gasteiger partial charge in [0, 0.05) is 31.6 Å². The van der Waals surface area contributed by atoms with Crippen LogP contribution in [0.3, 0.4) is 0 Å². The van der Waals surface area contributed by atoms with E-state index in [1.54, 1.807) is 30.0 Å². The van der Waals surface area contributed by atoms with Crippen molar-refractivity contribution in [2.24, 2.45) is 0 Å². The SMILES string of the molecule is CN/C(=C\C=N)Nc1cc(-c2nc3c(o2)-c2nnc(C4(C(F)(F)F)CCC4)n2CCC3)c(C)cn1. The van der Waals surface area contributed by atoms with E-state index in [0.29, 0.717) is 66.2 Å². The number of oxazole rings is 1. The molecule has 3 aromatic rings. The summed E-state index contributed by atoms with van der Waals surface area (Å²) < 4.78 is 49.7. The van der Waals surface area contributed by atoms with Gasteiger partial charge < -0.3 is 25.0 Å². The van der Waals surface area contributed by atoms with Crippen LogP contribution in [-0.2, 0) is 18.4 Å². The first kappa shape index (κ1) is 23.1. The maximum atomic E-state index is 14.0. The molecule has 3 aromatic heterocycles. The van der Waals surface area contributed by atoms with Crippen LogP contribution in [0.1, 0.15) is 42.8 Å². The Morgan fingerprint density at radius 1 is 1.26 bits per heavy atom. The molecule has 1 fully saturated rings. The van der Waals surface area contributed by atoms with Crippen LogP contribution in [0.25, 0.3) is 23.0 Å². The van der Waals surface area contributed by atoms with Gasteiger partial charge in [-0.2, -0.15) is 13.2 Å². The lowest BCUT2D eigenvalue weighted by Gasteiger charge is -2.42. The number of halogens is 3. The topological polar surface area (TPSA) is 118 Å². The first-order chi connectivity index (χ1) is 16.8. The van der Waals surface area contributed by atoms with Crippen LogP contribution < -0.4 is 10.6 Å². The number of nitrogens with zero attached hydrogens (tertiary/aromatic N) is 5. The van der Waals surface area contributed by atoms with Crippen molar-refractivity contribution in [2.45, 2.75) is 57.2 Å². The van der Waals surface area contributed by atoms with Gasteiger partial charge in [-0.05, 0) is 50.3 Å². The van der Waals surface area contributed by atoms with E-state index in [2.05, 4.69) is 30.8 Å². The highest BCUT2D eigenvalue weighted by Crippen LogP contribution is 2.54. The predicted molar refractivity (Wildman–Crippen MR) is 123 cm³/mol. The Kier molecular flexibility index (Phi) is 5.60. The Morgan fingerprint density at radius 3 is 2.71 bits per heavy atom. The summed E-state index contributed by atoms with van der Waals surface area (Å²) in [5, 5.41) is 21.5. The molecule has 9 nitrogen and oxygen atoms in total. The van der Waals surface area contributed by atoms with Gasteiger partial charge in [-0.1, -0.05) is 6.42 Å². The highest BCUT2D eigenvalue weighted by molar-refractivity contribution is 5.71. The molecular weight excluding hydrogens is 461 g/mol. The third-order valence-electron chi connectivity index (χ3n) is 6.74. The number of rotatable bonds is 6. The number of nitrogens with one attached hydrogen (secondary N) is 3. The number of anilines is 1. The fourth-order valence-electron chi connectivity index (χ4n) is 4.65. The Labute approximate surface area is 199 Å². The molecule has 1 aliphatic heterocycles. The molecule has 1 aliphatic carbocycles. The van der Waals surface area contributed by atoms with Crippen LogP contribution >= 0.6 is 0 Å². The molecule has 5 rings (SSSR count). The normalized spacial score (nSPS) is 17.1. The lowest BCUT2D eigenvalue weighted by Crippen LogP contribution is -2.49. The van der Waals surface area contributed by atoms with Crippen molar-refractivity contribution in [2.75, 3.05) is 12.4 Å². The van der Waals surface area contributed by atoms with Gasteiger partial charge in [0.15, 0.2) is 5.76 Å². The first-order valence-electron chi connectivity index (χ1n) is 11.4. The highest BCUT2D eigenvalue weighted by atomic mass is 19.4. The van der Waals surface area contributed by atoms with E-state index in [0.717, 1.165) is 11.8 Å². The number of aromatic nitrogens is 5. The molecule has 2 aliphatic rings. The van der Waals surface area contributed by atoms with Gasteiger partial charge in [0.05, 0.1) is 5.69 Å². The summed E-state index contributed by atoms with van der Waals surface area (Å²) in [6.07, 6.45) is 1.72. The third-order valence-corrected chi connectivity index (χ3v) is 6.74. The van der Waals surface area contributed by atoms with Crippen molar-refractivity contribution in [1.82, 2.24) is 30.0 Å². The van der Waals surface area contributed by atoms with E-state index < -0.39 is 11.6 Å². The summed E-state index contributed by atoms with van der Waals surface area (Å²) in [6, 6.07) is 1.78. The Balaban J connectivity index is 1.55. The molecule has 0 spiro atoms. The quantitative estimate of drug-likeness (QED) is 0.443. The molecule has 35 heavy (non-hydrogen) atoms. The van der Waals surface area contributed by atoms with E-state index in [1.165, 1.54) is 0 Å². The summed E-state index contributed by atoms with van der Waals surface area (Å²) in [4.78, 5) is 9.05. The van der Waals surface area contributed by atoms with Crippen molar-refractivity contribution in [3.8, 4) is 23.0 Å². The van der Waals surface area contributed by atoms with Crippen LogP contribution in [0, 0.1) is 12.3 Å². The highest BCUT2D eigenvalue weighted by Gasteiger charge is 2.62. The van der Waals surface area contributed by atoms with Crippen LogP contribution in [0.15, 0.2) is 28.6 Å². The van der Waals surface area contributed by atoms with Crippen LogP contribution in [0.2, 0.25) is 0 Å². The smallest absolute Gasteiger partial charge is 0.401 e. The van der Waals surface area contributed by atoms with E-state index in [-0.39, 0.29) is 18.7 Å². The first-order valence-corrected chi connectivity index (χ1v) is 11.4. The van der Waals surface area contributed by atoms with Gasteiger partial charge in [0.1, 0.15) is 22.9 Å². The van der Waals surface area contributed by atoms with Gasteiger partial charge in [-0.25, -0.2) is 9.97 Å². The third kappa shape index (κ3) is 3.76. The molecular formula is C23H25F3N8O. The second kappa shape index (κ2) is 8.51. The second-order valence-corrected chi connectivity index (χ2v) is 8.84. The Bertz CT molecular complexity index is 1300. The summed E-state index contributed by atoms with van der Waals surface area (Å²) >= 11 is 0. The van der Waals surface area contributed by atoms with Crippen LogP contribution in [0.4, 0.5) is 19.0 Å². The minimum atomic E-state index is -4.38. The summed E-state index contributed by atoms with van der Waals surface area (Å²) in [7, 11) is 1.72. The zero-order chi connectivity index (χ0) is 24.8. The van der Waals surface area contributed by atoms with E-state index in [1.807, 2.05) is 6.92 Å². The number of aryl methyl sites for hydroxylation is 2. The molecule has 0 atom stereocenters. The largest absolute Gasteiger partial charge is 0.432 e. The van der Waals surface area contributed by atoms with Gasteiger partial charge >= 0.3 is 6.18 Å². The fourth-order valence-corrected chi connectivity index (χ4v) is 4.65. The van der Waals surface area contributed by atoms with E-state index >= 15 is 0 Å². The van der Waals surface area contributed by atoms with Crippen molar-refractivity contribution < 1.29 is 17.6 Å². The van der Waals surface area contributed by atoms with Crippen molar-refractivity contribution >= 4 is 12.0 Å².